The van der Waals surface area contributed by atoms with Crippen molar-refractivity contribution in [3.8, 4) is 5.75 Å². The minimum Gasteiger partial charge on any atom is -0.460 e. The molecule has 1 nitrogen and oxygen atoms in total. The molecule has 1 atom stereocenters. The number of halogens is 2. The second-order valence-corrected chi connectivity index (χ2v) is 10.4. The number of alkyl halides is 1. The zero-order valence-corrected chi connectivity index (χ0v) is 19.3. The van der Waals surface area contributed by atoms with Crippen molar-refractivity contribution < 1.29 is 13.5 Å². The monoisotopic (exact) mass is 430 g/mol. The van der Waals surface area contributed by atoms with E-state index in [1.165, 1.54) is 82.3 Å². The van der Waals surface area contributed by atoms with Crippen LogP contribution in [0.5, 0.6) is 5.75 Å². The first-order valence-electron chi connectivity index (χ1n) is 12.9. The first kappa shape index (κ1) is 22.8. The summed E-state index contributed by atoms with van der Waals surface area (Å²) < 4.78 is 31.1. The summed E-state index contributed by atoms with van der Waals surface area (Å²) in [6.45, 7) is 1.33. The van der Waals surface area contributed by atoms with Gasteiger partial charge in [0, 0.05) is 0 Å². The van der Waals surface area contributed by atoms with Crippen LogP contribution in [-0.2, 0) is 0 Å². The van der Waals surface area contributed by atoms with Crippen molar-refractivity contribution in [2.75, 3.05) is 6.86 Å². The van der Waals surface area contributed by atoms with Crippen LogP contribution in [0.3, 0.4) is 0 Å². The van der Waals surface area contributed by atoms with Crippen LogP contribution < -0.4 is 4.74 Å². The number of hydrogen-bond acceptors (Lipinski definition) is 1. The quantitative estimate of drug-likeness (QED) is 0.420. The topological polar surface area (TPSA) is 9.23 Å². The van der Waals surface area contributed by atoms with E-state index in [1.807, 2.05) is 6.07 Å². The van der Waals surface area contributed by atoms with Crippen LogP contribution in [0.25, 0.3) is 5.57 Å². The Morgan fingerprint density at radius 1 is 0.871 bits per heavy atom. The third-order valence-electron chi connectivity index (χ3n) is 8.70. The molecule has 4 rings (SSSR count). The summed E-state index contributed by atoms with van der Waals surface area (Å²) >= 11 is 0. The van der Waals surface area contributed by atoms with Gasteiger partial charge in [-0.15, -0.1) is 0 Å². The molecule has 0 aromatic heterocycles. The Morgan fingerprint density at radius 3 is 2.06 bits per heavy atom. The Hall–Kier alpha value is -1.38. The van der Waals surface area contributed by atoms with E-state index < -0.39 is 12.7 Å². The van der Waals surface area contributed by atoms with E-state index in [0.717, 1.165) is 48.0 Å². The van der Waals surface area contributed by atoms with Gasteiger partial charge in [-0.1, -0.05) is 44.7 Å². The fourth-order valence-electron chi connectivity index (χ4n) is 6.87. The molecule has 2 saturated carbocycles. The number of rotatable bonds is 7. The van der Waals surface area contributed by atoms with E-state index in [1.54, 1.807) is 6.07 Å². The molecule has 0 radical (unpaired) electrons. The third-order valence-corrected chi connectivity index (χ3v) is 8.70. The molecule has 0 amide bonds. The van der Waals surface area contributed by atoms with Gasteiger partial charge in [0.05, 0.1) is 0 Å². The minimum atomic E-state index is -0.997. The number of hydrogen-bond donors (Lipinski definition) is 0. The van der Waals surface area contributed by atoms with Gasteiger partial charge in [-0.25, -0.2) is 8.78 Å². The highest BCUT2D eigenvalue weighted by molar-refractivity contribution is 5.67. The number of benzene rings is 1. The summed E-state index contributed by atoms with van der Waals surface area (Å²) in [5.41, 5.74) is 2.16. The van der Waals surface area contributed by atoms with E-state index in [-0.39, 0.29) is 5.75 Å². The minimum absolute atomic E-state index is 0.00357. The first-order chi connectivity index (χ1) is 15.2. The molecule has 0 heterocycles. The Kier molecular flexibility index (Phi) is 8.07. The highest BCUT2D eigenvalue weighted by atomic mass is 19.1. The van der Waals surface area contributed by atoms with Crippen LogP contribution in [-0.4, -0.2) is 6.86 Å². The molecule has 1 aromatic rings. The fraction of sp³-hybridized carbons (Fsp3) is 0.714. The van der Waals surface area contributed by atoms with Crippen molar-refractivity contribution in [2.24, 2.45) is 29.6 Å². The molecule has 3 heteroatoms. The van der Waals surface area contributed by atoms with E-state index in [2.05, 4.69) is 17.7 Å². The maximum atomic E-state index is 14.1. The highest BCUT2D eigenvalue weighted by Crippen LogP contribution is 2.46. The molecule has 2 fully saturated rings. The van der Waals surface area contributed by atoms with E-state index >= 15 is 0 Å². The Bertz CT molecular complexity index is 727. The second kappa shape index (κ2) is 11.0. The van der Waals surface area contributed by atoms with Crippen LogP contribution in [0.1, 0.15) is 96.0 Å². The largest absolute Gasteiger partial charge is 0.460 e. The van der Waals surface area contributed by atoms with Gasteiger partial charge < -0.3 is 4.74 Å². The summed E-state index contributed by atoms with van der Waals surface area (Å²) in [6.07, 6.45) is 20.2. The molecule has 1 aromatic carbocycles. The molecule has 3 aliphatic carbocycles. The second-order valence-electron chi connectivity index (χ2n) is 10.4. The van der Waals surface area contributed by atoms with Gasteiger partial charge in [-0.2, -0.15) is 0 Å². The molecule has 31 heavy (non-hydrogen) atoms. The Balaban J connectivity index is 1.25. The average Bonchev–Trinajstić information content (AvgIpc) is 2.82. The summed E-state index contributed by atoms with van der Waals surface area (Å²) in [7, 11) is 0. The van der Waals surface area contributed by atoms with Gasteiger partial charge in [-0.05, 0) is 111 Å². The summed E-state index contributed by atoms with van der Waals surface area (Å²) in [4.78, 5) is 0. The lowest BCUT2D eigenvalue weighted by molar-refractivity contribution is 0.121. The van der Waals surface area contributed by atoms with Gasteiger partial charge in [0.2, 0.25) is 6.86 Å². The van der Waals surface area contributed by atoms with Gasteiger partial charge >= 0.3 is 0 Å². The van der Waals surface area contributed by atoms with Crippen molar-refractivity contribution in [3.63, 3.8) is 0 Å². The van der Waals surface area contributed by atoms with Crippen molar-refractivity contribution in [3.05, 3.63) is 35.7 Å². The summed E-state index contributed by atoms with van der Waals surface area (Å²) in [6, 6.07) is 4.91. The molecule has 1 unspecified atom stereocenters. The fourth-order valence-corrected chi connectivity index (χ4v) is 6.87. The summed E-state index contributed by atoms with van der Waals surface area (Å²) in [5.74, 6) is 4.21. The van der Waals surface area contributed by atoms with Crippen LogP contribution in [0.2, 0.25) is 0 Å². The Labute approximate surface area is 187 Å². The van der Waals surface area contributed by atoms with Gasteiger partial charge in [0.1, 0.15) is 0 Å². The van der Waals surface area contributed by atoms with Crippen molar-refractivity contribution in [2.45, 2.75) is 90.4 Å². The smallest absolute Gasteiger partial charge is 0.228 e. The normalized spacial score (nSPS) is 31.8. The Morgan fingerprint density at radius 2 is 1.52 bits per heavy atom. The van der Waals surface area contributed by atoms with Crippen molar-refractivity contribution in [1.82, 2.24) is 0 Å². The molecule has 0 bridgehead atoms. The van der Waals surface area contributed by atoms with Crippen LogP contribution in [0.4, 0.5) is 8.78 Å². The molecule has 0 saturated heterocycles. The van der Waals surface area contributed by atoms with Gasteiger partial charge in [0.15, 0.2) is 11.6 Å². The van der Waals surface area contributed by atoms with Gasteiger partial charge in [-0.3, -0.25) is 0 Å². The predicted octanol–water partition coefficient (Wildman–Crippen LogP) is 8.73. The van der Waals surface area contributed by atoms with E-state index in [9.17, 15) is 8.78 Å². The molecular formula is C28H40F2O. The zero-order valence-electron chi connectivity index (χ0n) is 19.3. The third kappa shape index (κ3) is 5.71. The first-order valence-corrected chi connectivity index (χ1v) is 12.9. The van der Waals surface area contributed by atoms with Gasteiger partial charge in [0.25, 0.3) is 0 Å². The van der Waals surface area contributed by atoms with Crippen molar-refractivity contribution >= 4 is 5.57 Å². The molecule has 0 N–H and O–H groups in total. The number of allylic oxidation sites excluding steroid dienone is 2. The standard InChI is InChI=1S/C28H40F2O/c1-2-3-20-4-6-21(7-5-20)22-8-10-23(11-9-22)24-12-14-25(15-13-24)26-16-17-28(31-19-29)27(30)18-26/h14,16-18,20-24H,2-13,15,19H2,1H3. The predicted molar refractivity (Wildman–Crippen MR) is 124 cm³/mol. The number of ether oxygens (including phenoxy) is 1. The molecule has 3 aliphatic rings. The van der Waals surface area contributed by atoms with E-state index in [4.69, 9.17) is 0 Å². The lowest BCUT2D eigenvalue weighted by atomic mass is 9.65. The molecule has 0 spiro atoms. The lowest BCUT2D eigenvalue weighted by Gasteiger charge is -2.40. The molecular weight excluding hydrogens is 390 g/mol. The molecule has 172 valence electrons. The summed E-state index contributed by atoms with van der Waals surface area (Å²) in [5, 5.41) is 0. The lowest BCUT2D eigenvalue weighted by Crippen LogP contribution is -2.28. The van der Waals surface area contributed by atoms with E-state index in [0.29, 0.717) is 0 Å². The SMILES string of the molecule is CCCC1CCC(C2CCC(C3CC=C(c4ccc(OCF)c(F)c4)CC3)CC2)CC1. The molecule has 0 aliphatic heterocycles. The highest BCUT2D eigenvalue weighted by Gasteiger charge is 2.33. The van der Waals surface area contributed by atoms with Crippen LogP contribution in [0.15, 0.2) is 24.3 Å². The maximum absolute atomic E-state index is 14.1. The zero-order chi connectivity index (χ0) is 21.6. The maximum Gasteiger partial charge on any atom is 0.228 e. The van der Waals surface area contributed by atoms with Crippen LogP contribution in [0, 0.1) is 35.4 Å². The van der Waals surface area contributed by atoms with Crippen LogP contribution >= 0.6 is 0 Å². The van der Waals surface area contributed by atoms with Crippen molar-refractivity contribution in [1.29, 1.82) is 0 Å². The average molecular weight is 431 g/mol.